The Hall–Kier alpha value is -0.830. The van der Waals surface area contributed by atoms with Crippen LogP contribution in [0.25, 0.3) is 0 Å². The van der Waals surface area contributed by atoms with Gasteiger partial charge in [0, 0.05) is 25.7 Å². The zero-order valence-electron chi connectivity index (χ0n) is 11.2. The minimum atomic E-state index is -4.69. The molecule has 1 fully saturated rings. The maximum atomic E-state index is 12.9. The largest absolute Gasteiger partial charge is 0.417 e. The highest BCUT2D eigenvalue weighted by Crippen LogP contribution is 2.35. The minimum absolute atomic E-state index is 0. The first-order valence-corrected chi connectivity index (χ1v) is 7.57. The number of hydrogen-bond acceptors (Lipinski definition) is 3. The van der Waals surface area contributed by atoms with Gasteiger partial charge in [0.05, 0.1) is 10.5 Å². The zero-order chi connectivity index (χ0) is 15.0. The molecule has 0 amide bonds. The van der Waals surface area contributed by atoms with Crippen LogP contribution in [0.15, 0.2) is 29.2 Å². The van der Waals surface area contributed by atoms with E-state index in [9.17, 15) is 21.6 Å². The molecule has 0 radical (unpaired) electrons. The Morgan fingerprint density at radius 1 is 1.29 bits per heavy atom. The molecular weight excluding hydrogens is 329 g/mol. The van der Waals surface area contributed by atoms with Crippen LogP contribution in [0.2, 0.25) is 0 Å². The fourth-order valence-corrected chi connectivity index (χ4v) is 4.08. The lowest BCUT2D eigenvalue weighted by Gasteiger charge is -2.33. The van der Waals surface area contributed by atoms with E-state index in [-0.39, 0.29) is 25.0 Å². The zero-order valence-corrected chi connectivity index (χ0v) is 12.9. The molecule has 0 unspecified atom stereocenters. The van der Waals surface area contributed by atoms with Gasteiger partial charge in [0.25, 0.3) is 0 Å². The summed E-state index contributed by atoms with van der Waals surface area (Å²) in [5.41, 5.74) is -1.12. The Labute approximate surface area is 127 Å². The van der Waals surface area contributed by atoms with Crippen molar-refractivity contribution in [1.29, 1.82) is 0 Å². The Kier molecular flexibility index (Phi) is 5.65. The summed E-state index contributed by atoms with van der Waals surface area (Å²) >= 11 is 0. The molecule has 120 valence electrons. The highest BCUT2D eigenvalue weighted by molar-refractivity contribution is 7.89. The van der Waals surface area contributed by atoms with Gasteiger partial charge >= 0.3 is 6.18 Å². The molecule has 1 saturated heterocycles. The molecule has 21 heavy (non-hydrogen) atoms. The Morgan fingerprint density at radius 3 is 2.48 bits per heavy atom. The number of nitrogens with zero attached hydrogens (tertiary/aromatic N) is 1. The van der Waals surface area contributed by atoms with Crippen molar-refractivity contribution in [2.45, 2.75) is 24.0 Å². The van der Waals surface area contributed by atoms with Gasteiger partial charge in [-0.3, -0.25) is 0 Å². The number of nitrogens with one attached hydrogen (secondary N) is 1. The quantitative estimate of drug-likeness (QED) is 0.894. The standard InChI is InChI=1S/C12H15F3N2O2S.ClH/c1-9-8-16-6-7-17(9)20(18,19)11-5-3-2-4-10(11)12(13,14)15;/h2-5,9,16H,6-8H2,1H3;1H/t9-;/m0./s1. The van der Waals surface area contributed by atoms with Crippen LogP contribution in [0.5, 0.6) is 0 Å². The smallest absolute Gasteiger partial charge is 0.314 e. The summed E-state index contributed by atoms with van der Waals surface area (Å²) in [4.78, 5) is -0.679. The van der Waals surface area contributed by atoms with Gasteiger partial charge in [-0.15, -0.1) is 12.4 Å². The van der Waals surface area contributed by atoms with E-state index in [0.29, 0.717) is 13.1 Å². The lowest BCUT2D eigenvalue weighted by atomic mass is 10.2. The van der Waals surface area contributed by atoms with Gasteiger partial charge in [0.15, 0.2) is 0 Å². The summed E-state index contributed by atoms with van der Waals surface area (Å²) in [6.45, 7) is 2.68. The van der Waals surface area contributed by atoms with Gasteiger partial charge < -0.3 is 5.32 Å². The molecule has 9 heteroatoms. The molecule has 1 aromatic rings. The van der Waals surface area contributed by atoms with Gasteiger partial charge in [-0.05, 0) is 19.1 Å². The van der Waals surface area contributed by atoms with Crippen molar-refractivity contribution in [3.05, 3.63) is 29.8 Å². The average molecular weight is 345 g/mol. The van der Waals surface area contributed by atoms with Crippen molar-refractivity contribution >= 4 is 22.4 Å². The summed E-state index contributed by atoms with van der Waals surface area (Å²) in [6, 6.07) is 3.90. The first-order chi connectivity index (χ1) is 9.24. The van der Waals surface area contributed by atoms with Crippen molar-refractivity contribution in [2.75, 3.05) is 19.6 Å². The van der Waals surface area contributed by atoms with Crippen molar-refractivity contribution in [1.82, 2.24) is 9.62 Å². The fourth-order valence-electron chi connectivity index (χ4n) is 2.23. The van der Waals surface area contributed by atoms with Crippen LogP contribution in [-0.4, -0.2) is 38.4 Å². The van der Waals surface area contributed by atoms with Gasteiger partial charge in [0.2, 0.25) is 10.0 Å². The molecule has 1 aromatic carbocycles. The molecule has 1 aliphatic heterocycles. The van der Waals surface area contributed by atoms with Gasteiger partial charge in [0.1, 0.15) is 0 Å². The van der Waals surface area contributed by atoms with Gasteiger partial charge in [-0.25, -0.2) is 8.42 Å². The molecule has 1 N–H and O–H groups in total. The molecule has 4 nitrogen and oxygen atoms in total. The maximum absolute atomic E-state index is 12.9. The van der Waals surface area contributed by atoms with E-state index in [4.69, 9.17) is 0 Å². The van der Waals surface area contributed by atoms with Crippen molar-refractivity contribution in [3.63, 3.8) is 0 Å². The van der Waals surface area contributed by atoms with E-state index in [1.165, 1.54) is 12.1 Å². The van der Waals surface area contributed by atoms with E-state index in [1.807, 2.05) is 0 Å². The number of hydrogen-bond donors (Lipinski definition) is 1. The van der Waals surface area contributed by atoms with E-state index in [2.05, 4.69) is 5.32 Å². The predicted molar refractivity (Wildman–Crippen MR) is 74.9 cm³/mol. The maximum Gasteiger partial charge on any atom is 0.417 e. The number of halogens is 4. The summed E-state index contributed by atoms with van der Waals surface area (Å²) in [5, 5.41) is 3.00. The summed E-state index contributed by atoms with van der Waals surface area (Å²) in [6.07, 6.45) is -4.69. The fraction of sp³-hybridized carbons (Fsp3) is 0.500. The SMILES string of the molecule is C[C@H]1CNCCN1S(=O)(=O)c1ccccc1C(F)(F)F.Cl. The average Bonchev–Trinajstić information content (AvgIpc) is 2.38. The predicted octanol–water partition coefficient (Wildman–Crippen LogP) is 2.11. The second-order valence-corrected chi connectivity index (χ2v) is 6.52. The number of rotatable bonds is 2. The van der Waals surface area contributed by atoms with Crippen molar-refractivity contribution in [3.8, 4) is 0 Å². The van der Waals surface area contributed by atoms with Crippen molar-refractivity contribution < 1.29 is 21.6 Å². The molecule has 0 saturated carbocycles. The molecule has 0 aliphatic carbocycles. The van der Waals surface area contributed by atoms with Crippen LogP contribution < -0.4 is 5.32 Å². The minimum Gasteiger partial charge on any atom is -0.314 e. The number of piperazine rings is 1. The third-order valence-corrected chi connectivity index (χ3v) is 5.29. The third-order valence-electron chi connectivity index (χ3n) is 3.22. The van der Waals surface area contributed by atoms with Crippen LogP contribution in [-0.2, 0) is 16.2 Å². The van der Waals surface area contributed by atoms with Gasteiger partial charge in [-0.1, -0.05) is 12.1 Å². The highest BCUT2D eigenvalue weighted by atomic mass is 35.5. The number of benzene rings is 1. The second kappa shape index (κ2) is 6.51. The first-order valence-electron chi connectivity index (χ1n) is 6.13. The van der Waals surface area contributed by atoms with E-state index >= 15 is 0 Å². The molecule has 2 rings (SSSR count). The highest BCUT2D eigenvalue weighted by Gasteiger charge is 2.40. The Morgan fingerprint density at radius 2 is 1.90 bits per heavy atom. The first kappa shape index (κ1) is 18.2. The van der Waals surface area contributed by atoms with Crippen LogP contribution >= 0.6 is 12.4 Å². The van der Waals surface area contributed by atoms with E-state index in [1.54, 1.807) is 6.92 Å². The third kappa shape index (κ3) is 3.68. The van der Waals surface area contributed by atoms with Crippen LogP contribution in [0.4, 0.5) is 13.2 Å². The summed E-state index contributed by atoms with van der Waals surface area (Å²) in [7, 11) is -4.15. The molecule has 1 aliphatic rings. The van der Waals surface area contributed by atoms with Gasteiger partial charge in [-0.2, -0.15) is 17.5 Å². The monoisotopic (exact) mass is 344 g/mol. The number of sulfonamides is 1. The summed E-state index contributed by atoms with van der Waals surface area (Å²) in [5.74, 6) is 0. The molecule has 0 aromatic heterocycles. The molecule has 1 atom stereocenters. The Balaban J connectivity index is 0.00000220. The van der Waals surface area contributed by atoms with Crippen LogP contribution in [0.1, 0.15) is 12.5 Å². The topological polar surface area (TPSA) is 49.4 Å². The molecular formula is C12H16ClF3N2O2S. The normalized spacial score (nSPS) is 20.9. The molecule has 0 bridgehead atoms. The van der Waals surface area contributed by atoms with Crippen LogP contribution in [0, 0.1) is 0 Å². The van der Waals surface area contributed by atoms with E-state index < -0.39 is 26.7 Å². The molecule has 1 heterocycles. The lowest BCUT2D eigenvalue weighted by molar-refractivity contribution is -0.139. The van der Waals surface area contributed by atoms with Crippen LogP contribution in [0.3, 0.4) is 0 Å². The summed E-state index contributed by atoms with van der Waals surface area (Å²) < 4.78 is 64.9. The Bertz CT molecular complexity index is 592. The second-order valence-electron chi connectivity index (χ2n) is 4.66. The van der Waals surface area contributed by atoms with Crippen molar-refractivity contribution in [2.24, 2.45) is 0 Å². The number of alkyl halides is 3. The molecule has 0 spiro atoms. The lowest BCUT2D eigenvalue weighted by Crippen LogP contribution is -2.52. The van der Waals surface area contributed by atoms with E-state index in [0.717, 1.165) is 16.4 Å².